The van der Waals surface area contributed by atoms with Crippen LogP contribution in [0, 0.1) is 0 Å². The van der Waals surface area contributed by atoms with Crippen LogP contribution in [0.15, 0.2) is 24.3 Å². The molecule has 0 aromatic carbocycles. The van der Waals surface area contributed by atoms with E-state index in [1.165, 1.54) is 315 Å². The lowest BCUT2D eigenvalue weighted by Crippen LogP contribution is -2.30. The Hall–Kier alpha value is -2.11. The number of carbonyl (C=O) groups is 3. The van der Waals surface area contributed by atoms with Crippen LogP contribution in [0.4, 0.5) is 0 Å². The van der Waals surface area contributed by atoms with Gasteiger partial charge in [0.15, 0.2) is 6.10 Å². The van der Waals surface area contributed by atoms with E-state index in [2.05, 4.69) is 45.1 Å². The monoisotopic (exact) mass is 1140 g/mol. The highest BCUT2D eigenvalue weighted by Crippen LogP contribution is 2.19. The van der Waals surface area contributed by atoms with Crippen LogP contribution in [0.25, 0.3) is 0 Å². The van der Waals surface area contributed by atoms with Gasteiger partial charge in [0, 0.05) is 19.3 Å². The van der Waals surface area contributed by atoms with Gasteiger partial charge in [0.1, 0.15) is 13.2 Å². The van der Waals surface area contributed by atoms with Gasteiger partial charge in [0.05, 0.1) is 0 Å². The third-order valence-electron chi connectivity index (χ3n) is 16.9. The highest BCUT2D eigenvalue weighted by atomic mass is 16.6. The van der Waals surface area contributed by atoms with Crippen LogP contribution in [0.5, 0.6) is 0 Å². The summed E-state index contributed by atoms with van der Waals surface area (Å²) in [5.41, 5.74) is 0. The molecule has 6 heteroatoms. The Balaban J connectivity index is 4.15. The Morgan fingerprint density at radius 3 is 0.617 bits per heavy atom. The predicted octanol–water partition coefficient (Wildman–Crippen LogP) is 25.3. The molecule has 6 nitrogen and oxygen atoms in total. The van der Waals surface area contributed by atoms with E-state index in [9.17, 15) is 14.4 Å². The summed E-state index contributed by atoms with van der Waals surface area (Å²) in [6.07, 6.45) is 86.6. The van der Waals surface area contributed by atoms with Crippen molar-refractivity contribution < 1.29 is 28.6 Å². The molecule has 0 fully saturated rings. The van der Waals surface area contributed by atoms with Gasteiger partial charge < -0.3 is 14.2 Å². The highest BCUT2D eigenvalue weighted by molar-refractivity contribution is 5.71. The van der Waals surface area contributed by atoms with Crippen molar-refractivity contribution in [3.05, 3.63) is 24.3 Å². The molecular formula is C75H142O6. The number of hydrogen-bond donors (Lipinski definition) is 0. The average Bonchev–Trinajstić information content (AvgIpc) is 3.47. The molecule has 0 aliphatic heterocycles. The molecule has 0 N–H and O–H groups in total. The predicted molar refractivity (Wildman–Crippen MR) is 353 cm³/mol. The Labute approximate surface area is 506 Å². The molecule has 0 bridgehead atoms. The van der Waals surface area contributed by atoms with Gasteiger partial charge in [-0.1, -0.05) is 353 Å². The summed E-state index contributed by atoms with van der Waals surface area (Å²) in [5, 5.41) is 0. The average molecular weight is 1140 g/mol. The van der Waals surface area contributed by atoms with E-state index >= 15 is 0 Å². The quantitative estimate of drug-likeness (QED) is 0.0261. The molecule has 0 amide bonds. The first kappa shape index (κ1) is 78.9. The molecular weight excluding hydrogens is 997 g/mol. The van der Waals surface area contributed by atoms with E-state index in [0.717, 1.165) is 64.2 Å². The number of rotatable bonds is 69. The first-order valence-corrected chi connectivity index (χ1v) is 36.8. The summed E-state index contributed by atoms with van der Waals surface area (Å²) in [6.45, 7) is 6.70. The zero-order chi connectivity index (χ0) is 58.5. The number of allylic oxidation sites excluding steroid dienone is 4. The lowest BCUT2D eigenvalue weighted by atomic mass is 10.0. The molecule has 0 radical (unpaired) electrons. The van der Waals surface area contributed by atoms with Crippen LogP contribution in [-0.4, -0.2) is 37.2 Å². The first-order valence-electron chi connectivity index (χ1n) is 36.8. The lowest BCUT2D eigenvalue weighted by molar-refractivity contribution is -0.167. The molecule has 1 unspecified atom stereocenters. The van der Waals surface area contributed by atoms with E-state index < -0.39 is 6.10 Å². The summed E-state index contributed by atoms with van der Waals surface area (Å²) in [4.78, 5) is 38.4. The third kappa shape index (κ3) is 68.6. The van der Waals surface area contributed by atoms with E-state index in [4.69, 9.17) is 14.2 Å². The van der Waals surface area contributed by atoms with Crippen molar-refractivity contribution in [1.82, 2.24) is 0 Å². The van der Waals surface area contributed by atoms with Gasteiger partial charge >= 0.3 is 17.9 Å². The van der Waals surface area contributed by atoms with Gasteiger partial charge in [-0.3, -0.25) is 14.4 Å². The molecule has 0 aromatic heterocycles. The summed E-state index contributed by atoms with van der Waals surface area (Å²) < 4.78 is 17.0. The third-order valence-corrected chi connectivity index (χ3v) is 16.9. The maximum absolute atomic E-state index is 12.9. The van der Waals surface area contributed by atoms with E-state index in [-0.39, 0.29) is 31.1 Å². The summed E-state index contributed by atoms with van der Waals surface area (Å²) in [5.74, 6) is -0.853. The topological polar surface area (TPSA) is 78.9 Å². The Bertz CT molecular complexity index is 1310. The molecule has 0 aromatic rings. The fourth-order valence-corrected chi connectivity index (χ4v) is 11.4. The normalized spacial score (nSPS) is 12.1. The van der Waals surface area contributed by atoms with Crippen molar-refractivity contribution in [2.75, 3.05) is 13.2 Å². The van der Waals surface area contributed by atoms with Crippen LogP contribution in [0.2, 0.25) is 0 Å². The highest BCUT2D eigenvalue weighted by Gasteiger charge is 2.19. The molecule has 0 saturated carbocycles. The minimum Gasteiger partial charge on any atom is -0.462 e. The van der Waals surface area contributed by atoms with Crippen molar-refractivity contribution in [3.63, 3.8) is 0 Å². The molecule has 0 aliphatic carbocycles. The zero-order valence-corrected chi connectivity index (χ0v) is 55.1. The van der Waals surface area contributed by atoms with Crippen LogP contribution in [0.1, 0.15) is 419 Å². The van der Waals surface area contributed by atoms with Gasteiger partial charge in [-0.15, -0.1) is 0 Å². The molecule has 478 valence electrons. The van der Waals surface area contributed by atoms with Gasteiger partial charge in [-0.25, -0.2) is 0 Å². The van der Waals surface area contributed by atoms with Gasteiger partial charge in [0.2, 0.25) is 0 Å². The van der Waals surface area contributed by atoms with Crippen molar-refractivity contribution in [2.24, 2.45) is 0 Å². The van der Waals surface area contributed by atoms with Gasteiger partial charge in [-0.2, -0.15) is 0 Å². The fourth-order valence-electron chi connectivity index (χ4n) is 11.4. The maximum Gasteiger partial charge on any atom is 0.306 e. The number of ether oxygens (including phenoxy) is 3. The molecule has 0 spiro atoms. The van der Waals surface area contributed by atoms with Crippen LogP contribution in [0.3, 0.4) is 0 Å². The maximum atomic E-state index is 12.9. The lowest BCUT2D eigenvalue weighted by Gasteiger charge is -2.18. The Morgan fingerprint density at radius 2 is 0.407 bits per heavy atom. The second kappa shape index (κ2) is 70.4. The minimum atomic E-state index is -0.775. The second-order valence-electron chi connectivity index (χ2n) is 25.2. The number of hydrogen-bond acceptors (Lipinski definition) is 6. The van der Waals surface area contributed by atoms with Crippen molar-refractivity contribution >= 4 is 17.9 Å². The molecule has 0 heterocycles. The van der Waals surface area contributed by atoms with Crippen LogP contribution >= 0.6 is 0 Å². The standard InChI is InChI=1S/C75H142O6/c1-4-7-10-13-16-19-22-25-28-30-31-32-33-34-35-36-37-38-39-40-41-42-43-45-47-50-53-56-59-62-65-68-74(77)80-71-72(70-79-73(76)67-64-61-58-55-52-49-46-27-24-21-18-15-12-9-6-3)81-75(78)69-66-63-60-57-54-51-48-44-29-26-23-20-17-14-11-8-5-2/h26-27,29,46,72H,4-25,28,30-45,47-71H2,1-3H3/b29-26-,46-27-. The summed E-state index contributed by atoms with van der Waals surface area (Å²) >= 11 is 0. The van der Waals surface area contributed by atoms with Crippen LogP contribution < -0.4 is 0 Å². The molecule has 81 heavy (non-hydrogen) atoms. The number of carbonyl (C=O) groups excluding carboxylic acids is 3. The molecule has 0 saturated heterocycles. The number of unbranched alkanes of at least 4 members (excludes halogenated alkanes) is 54. The van der Waals surface area contributed by atoms with Crippen LogP contribution in [-0.2, 0) is 28.6 Å². The Kier molecular flexibility index (Phi) is 68.5. The largest absolute Gasteiger partial charge is 0.462 e. The second-order valence-corrected chi connectivity index (χ2v) is 25.2. The smallest absolute Gasteiger partial charge is 0.306 e. The van der Waals surface area contributed by atoms with Gasteiger partial charge in [-0.05, 0) is 70.6 Å². The molecule has 0 rings (SSSR count). The van der Waals surface area contributed by atoms with Crippen molar-refractivity contribution in [2.45, 2.75) is 425 Å². The van der Waals surface area contributed by atoms with Crippen molar-refractivity contribution in [1.29, 1.82) is 0 Å². The molecule has 1 atom stereocenters. The van der Waals surface area contributed by atoms with E-state index in [1.807, 2.05) is 0 Å². The summed E-state index contributed by atoms with van der Waals surface area (Å²) in [6, 6.07) is 0. The summed E-state index contributed by atoms with van der Waals surface area (Å²) in [7, 11) is 0. The Morgan fingerprint density at radius 1 is 0.235 bits per heavy atom. The van der Waals surface area contributed by atoms with E-state index in [0.29, 0.717) is 19.3 Å². The fraction of sp³-hybridized carbons (Fsp3) is 0.907. The van der Waals surface area contributed by atoms with E-state index in [1.54, 1.807) is 0 Å². The SMILES string of the molecule is CCCCCCCC/C=C\CCCCCCCCCC(=O)OC(COC(=O)CCCCCCC/C=C\CCCCCCCC)COC(=O)CCCCCCCCCCCCCCCCCCCCCCCCCCCCCCCCC. The number of esters is 3. The minimum absolute atomic E-state index is 0.0703. The zero-order valence-electron chi connectivity index (χ0n) is 55.1. The first-order chi connectivity index (χ1) is 40.0. The van der Waals surface area contributed by atoms with Gasteiger partial charge in [0.25, 0.3) is 0 Å². The molecule has 0 aliphatic rings. The van der Waals surface area contributed by atoms with Crippen molar-refractivity contribution in [3.8, 4) is 0 Å².